The van der Waals surface area contributed by atoms with Crippen molar-refractivity contribution in [1.29, 1.82) is 0 Å². The van der Waals surface area contributed by atoms with Gasteiger partial charge in [0.25, 0.3) is 0 Å². The minimum Gasteiger partial charge on any atom is -0.396 e. The van der Waals surface area contributed by atoms with Crippen molar-refractivity contribution < 1.29 is 5.11 Å². The maximum Gasteiger partial charge on any atom is 0.0946 e. The van der Waals surface area contributed by atoms with Gasteiger partial charge >= 0.3 is 0 Å². The van der Waals surface area contributed by atoms with E-state index in [1.807, 2.05) is 10.8 Å². The lowest BCUT2D eigenvalue weighted by atomic mass is 10.0. The minimum absolute atomic E-state index is 0.276. The van der Waals surface area contributed by atoms with Crippen molar-refractivity contribution in [2.24, 2.45) is 5.92 Å². The van der Waals surface area contributed by atoms with Crippen LogP contribution in [0.2, 0.25) is 0 Å². The van der Waals surface area contributed by atoms with Crippen LogP contribution < -0.4 is 0 Å². The van der Waals surface area contributed by atoms with Crippen LogP contribution in [0.5, 0.6) is 0 Å². The second-order valence-electron chi connectivity index (χ2n) is 3.45. The van der Waals surface area contributed by atoms with E-state index >= 15 is 0 Å². The van der Waals surface area contributed by atoms with Gasteiger partial charge in [0.05, 0.1) is 6.33 Å². The number of nitrogens with zero attached hydrogens (tertiary/aromatic N) is 2. The second kappa shape index (κ2) is 5.75. The Morgan fingerprint density at radius 1 is 1.54 bits per heavy atom. The zero-order chi connectivity index (χ0) is 9.52. The molecule has 1 aromatic rings. The van der Waals surface area contributed by atoms with E-state index in [4.69, 9.17) is 5.11 Å². The minimum atomic E-state index is 0.276. The Morgan fingerprint density at radius 3 is 2.92 bits per heavy atom. The van der Waals surface area contributed by atoms with E-state index in [2.05, 4.69) is 11.9 Å². The largest absolute Gasteiger partial charge is 0.396 e. The summed E-state index contributed by atoms with van der Waals surface area (Å²) < 4.78 is 2.02. The Kier molecular flexibility index (Phi) is 4.54. The molecule has 0 amide bonds. The predicted molar refractivity (Wildman–Crippen MR) is 52.3 cm³/mol. The van der Waals surface area contributed by atoms with Crippen molar-refractivity contribution in [3.05, 3.63) is 18.7 Å². The van der Waals surface area contributed by atoms with E-state index in [-0.39, 0.29) is 6.61 Å². The normalized spacial score (nSPS) is 13.1. The number of aliphatic hydroxyl groups excluding tert-OH is 1. The fraction of sp³-hybridized carbons (Fsp3) is 0.700. The Bertz CT molecular complexity index is 209. The summed E-state index contributed by atoms with van der Waals surface area (Å²) in [6, 6.07) is 0. The van der Waals surface area contributed by atoms with Gasteiger partial charge in [-0.25, -0.2) is 4.98 Å². The molecule has 74 valence electrons. The van der Waals surface area contributed by atoms with Crippen LogP contribution in [0.3, 0.4) is 0 Å². The van der Waals surface area contributed by atoms with E-state index in [9.17, 15) is 0 Å². The number of rotatable bonds is 6. The SMILES string of the molecule is CCCC[C@@H](CO)Cn1ccnc1. The van der Waals surface area contributed by atoms with Crippen LogP contribution in [-0.2, 0) is 6.54 Å². The maximum atomic E-state index is 9.12. The highest BCUT2D eigenvalue weighted by Crippen LogP contribution is 2.10. The Hall–Kier alpha value is -0.830. The Balaban J connectivity index is 2.31. The molecule has 1 heterocycles. The van der Waals surface area contributed by atoms with E-state index in [1.165, 1.54) is 12.8 Å². The first-order chi connectivity index (χ1) is 6.36. The lowest BCUT2D eigenvalue weighted by Crippen LogP contribution is -2.13. The monoisotopic (exact) mass is 182 g/mol. The highest BCUT2D eigenvalue weighted by molar-refractivity contribution is 4.75. The summed E-state index contributed by atoms with van der Waals surface area (Å²) in [5.74, 6) is 0.383. The zero-order valence-electron chi connectivity index (χ0n) is 8.19. The molecule has 0 aliphatic carbocycles. The van der Waals surface area contributed by atoms with Crippen molar-refractivity contribution in [3.63, 3.8) is 0 Å². The maximum absolute atomic E-state index is 9.12. The van der Waals surface area contributed by atoms with Gasteiger partial charge in [-0.15, -0.1) is 0 Å². The first-order valence-corrected chi connectivity index (χ1v) is 4.93. The summed E-state index contributed by atoms with van der Waals surface area (Å²) in [4.78, 5) is 3.97. The highest BCUT2D eigenvalue weighted by atomic mass is 16.3. The van der Waals surface area contributed by atoms with Crippen LogP contribution in [0.4, 0.5) is 0 Å². The lowest BCUT2D eigenvalue weighted by molar-refractivity contribution is 0.200. The van der Waals surface area contributed by atoms with Crippen LogP contribution in [-0.4, -0.2) is 21.3 Å². The summed E-state index contributed by atoms with van der Waals surface area (Å²) >= 11 is 0. The molecular weight excluding hydrogens is 164 g/mol. The van der Waals surface area contributed by atoms with Gasteiger partial charge < -0.3 is 9.67 Å². The summed E-state index contributed by atoms with van der Waals surface area (Å²) in [5, 5.41) is 9.12. The fourth-order valence-corrected chi connectivity index (χ4v) is 1.43. The van der Waals surface area contributed by atoms with Crippen molar-refractivity contribution >= 4 is 0 Å². The van der Waals surface area contributed by atoms with Crippen molar-refractivity contribution in [1.82, 2.24) is 9.55 Å². The molecule has 0 fully saturated rings. The van der Waals surface area contributed by atoms with Gasteiger partial charge in [-0.2, -0.15) is 0 Å². The molecule has 0 aromatic carbocycles. The first kappa shape index (κ1) is 10.3. The third kappa shape index (κ3) is 3.59. The molecule has 0 radical (unpaired) electrons. The van der Waals surface area contributed by atoms with E-state index in [0.29, 0.717) is 5.92 Å². The summed E-state index contributed by atoms with van der Waals surface area (Å²) in [7, 11) is 0. The topological polar surface area (TPSA) is 38.0 Å². The number of aromatic nitrogens is 2. The molecule has 0 bridgehead atoms. The van der Waals surface area contributed by atoms with E-state index in [0.717, 1.165) is 13.0 Å². The Morgan fingerprint density at radius 2 is 2.38 bits per heavy atom. The molecule has 13 heavy (non-hydrogen) atoms. The molecule has 3 heteroatoms. The van der Waals surface area contributed by atoms with Gasteiger partial charge in [-0.05, 0) is 12.3 Å². The molecule has 1 aromatic heterocycles. The van der Waals surface area contributed by atoms with Crippen LogP contribution in [0.1, 0.15) is 26.2 Å². The summed E-state index contributed by atoms with van der Waals surface area (Å²) in [6.45, 7) is 3.33. The molecule has 3 nitrogen and oxygen atoms in total. The lowest BCUT2D eigenvalue weighted by Gasteiger charge is -2.13. The number of aliphatic hydroxyl groups is 1. The van der Waals surface area contributed by atoms with Crippen LogP contribution in [0.25, 0.3) is 0 Å². The molecule has 0 spiro atoms. The van der Waals surface area contributed by atoms with E-state index in [1.54, 1.807) is 12.5 Å². The molecule has 1 rings (SSSR count). The highest BCUT2D eigenvalue weighted by Gasteiger charge is 2.06. The number of hydrogen-bond donors (Lipinski definition) is 1. The van der Waals surface area contributed by atoms with Crippen LogP contribution in [0.15, 0.2) is 18.7 Å². The van der Waals surface area contributed by atoms with Gasteiger partial charge in [0, 0.05) is 25.5 Å². The third-order valence-corrected chi connectivity index (χ3v) is 2.25. The first-order valence-electron chi connectivity index (χ1n) is 4.93. The Labute approximate surface area is 79.4 Å². The molecule has 1 atom stereocenters. The van der Waals surface area contributed by atoms with Gasteiger partial charge in [0.2, 0.25) is 0 Å². The second-order valence-corrected chi connectivity index (χ2v) is 3.45. The molecular formula is C10H18N2O. The molecule has 0 aliphatic rings. The standard InChI is InChI=1S/C10H18N2O/c1-2-3-4-10(8-13)7-12-6-5-11-9-12/h5-6,9-10,13H,2-4,7-8H2,1H3/t10-/m1/s1. The zero-order valence-corrected chi connectivity index (χ0v) is 8.19. The number of hydrogen-bond acceptors (Lipinski definition) is 2. The summed E-state index contributed by atoms with van der Waals surface area (Å²) in [5.41, 5.74) is 0. The van der Waals surface area contributed by atoms with Gasteiger partial charge in [0.15, 0.2) is 0 Å². The molecule has 0 saturated heterocycles. The van der Waals surface area contributed by atoms with Crippen molar-refractivity contribution in [2.45, 2.75) is 32.7 Å². The quantitative estimate of drug-likeness (QED) is 0.727. The van der Waals surface area contributed by atoms with E-state index < -0.39 is 0 Å². The van der Waals surface area contributed by atoms with Gasteiger partial charge in [0.1, 0.15) is 0 Å². The van der Waals surface area contributed by atoms with Gasteiger partial charge in [-0.1, -0.05) is 19.8 Å². The molecule has 0 saturated carbocycles. The van der Waals surface area contributed by atoms with Crippen LogP contribution in [0, 0.1) is 5.92 Å². The smallest absolute Gasteiger partial charge is 0.0946 e. The number of imidazole rings is 1. The number of unbranched alkanes of at least 4 members (excludes halogenated alkanes) is 1. The molecule has 0 unspecified atom stereocenters. The third-order valence-electron chi connectivity index (χ3n) is 2.25. The van der Waals surface area contributed by atoms with Crippen LogP contribution >= 0.6 is 0 Å². The van der Waals surface area contributed by atoms with Crippen molar-refractivity contribution in [3.8, 4) is 0 Å². The fourth-order valence-electron chi connectivity index (χ4n) is 1.43. The predicted octanol–water partition coefficient (Wildman–Crippen LogP) is 1.68. The molecule has 0 aliphatic heterocycles. The van der Waals surface area contributed by atoms with Gasteiger partial charge in [-0.3, -0.25) is 0 Å². The molecule has 1 N–H and O–H groups in total. The van der Waals surface area contributed by atoms with Crippen molar-refractivity contribution in [2.75, 3.05) is 6.61 Å². The average Bonchev–Trinajstić information content (AvgIpc) is 2.64. The summed E-state index contributed by atoms with van der Waals surface area (Å²) in [6.07, 6.45) is 9.00. The average molecular weight is 182 g/mol.